The maximum atomic E-state index is 12.3. The molecule has 9 heteroatoms. The van der Waals surface area contributed by atoms with Crippen molar-refractivity contribution in [1.82, 2.24) is 30.8 Å². The van der Waals surface area contributed by atoms with E-state index in [1.165, 1.54) is 28.8 Å². The van der Waals surface area contributed by atoms with Crippen LogP contribution in [0.5, 0.6) is 0 Å². The Morgan fingerprint density at radius 2 is 2.48 bits per heavy atom. The summed E-state index contributed by atoms with van der Waals surface area (Å²) in [5, 5.41) is 19.2. The zero-order valence-corrected chi connectivity index (χ0v) is 13.0. The van der Waals surface area contributed by atoms with E-state index < -0.39 is 0 Å². The number of thiophene rings is 1. The molecule has 3 heterocycles. The van der Waals surface area contributed by atoms with Crippen LogP contribution >= 0.6 is 23.7 Å². The first-order valence-corrected chi connectivity index (χ1v) is 7.52. The molecule has 21 heavy (non-hydrogen) atoms. The van der Waals surface area contributed by atoms with Gasteiger partial charge in [-0.25, -0.2) is 0 Å². The van der Waals surface area contributed by atoms with Crippen molar-refractivity contribution in [2.24, 2.45) is 5.92 Å². The Balaban J connectivity index is 0.00000161. The molecule has 1 aliphatic heterocycles. The summed E-state index contributed by atoms with van der Waals surface area (Å²) in [7, 11) is 0. The molecule has 0 aliphatic carbocycles. The van der Waals surface area contributed by atoms with Gasteiger partial charge in [-0.3, -0.25) is 4.79 Å². The summed E-state index contributed by atoms with van der Waals surface area (Å²) in [4.78, 5) is 12.9. The lowest BCUT2D eigenvalue weighted by Gasteiger charge is -2.22. The number of tetrazole rings is 1. The van der Waals surface area contributed by atoms with Crippen molar-refractivity contribution in [2.75, 3.05) is 19.6 Å². The van der Waals surface area contributed by atoms with Crippen molar-refractivity contribution in [3.8, 4) is 5.69 Å². The monoisotopic (exact) mass is 328 g/mol. The number of aromatic nitrogens is 4. The fourth-order valence-corrected chi connectivity index (χ4v) is 3.13. The third kappa shape index (κ3) is 3.78. The Hall–Kier alpha value is -1.51. The van der Waals surface area contributed by atoms with Crippen molar-refractivity contribution in [1.29, 1.82) is 0 Å². The number of amides is 1. The van der Waals surface area contributed by atoms with Crippen molar-refractivity contribution >= 4 is 29.7 Å². The highest BCUT2D eigenvalue weighted by atomic mass is 35.5. The number of hydrogen-bond acceptors (Lipinski definition) is 6. The van der Waals surface area contributed by atoms with E-state index in [1.54, 1.807) is 0 Å². The molecule has 114 valence electrons. The summed E-state index contributed by atoms with van der Waals surface area (Å²) in [5.74, 6) is 0.459. The van der Waals surface area contributed by atoms with Gasteiger partial charge in [0.1, 0.15) is 11.2 Å². The third-order valence-corrected chi connectivity index (χ3v) is 4.30. The second-order valence-corrected chi connectivity index (χ2v) is 5.73. The van der Waals surface area contributed by atoms with E-state index in [-0.39, 0.29) is 18.3 Å². The molecule has 1 amide bonds. The number of rotatable bonds is 4. The van der Waals surface area contributed by atoms with E-state index in [2.05, 4.69) is 26.2 Å². The first-order chi connectivity index (χ1) is 9.84. The van der Waals surface area contributed by atoms with Gasteiger partial charge in [0.25, 0.3) is 5.91 Å². The minimum Gasteiger partial charge on any atom is -0.351 e. The number of carbonyl (C=O) groups is 1. The summed E-state index contributed by atoms with van der Waals surface area (Å²) < 4.78 is 1.51. The second kappa shape index (κ2) is 7.48. The number of nitrogens with zero attached hydrogens (tertiary/aromatic N) is 4. The predicted octanol–water partition coefficient (Wildman–Crippen LogP) is 0.875. The molecule has 0 bridgehead atoms. The average molecular weight is 329 g/mol. The number of halogens is 1. The lowest BCUT2D eigenvalue weighted by Crippen LogP contribution is -2.38. The molecule has 7 nitrogen and oxygen atoms in total. The minimum absolute atomic E-state index is 0. The van der Waals surface area contributed by atoms with Crippen LogP contribution in [0.15, 0.2) is 17.8 Å². The molecule has 1 aliphatic rings. The van der Waals surface area contributed by atoms with Gasteiger partial charge < -0.3 is 10.6 Å². The van der Waals surface area contributed by atoms with Gasteiger partial charge in [0, 0.05) is 6.54 Å². The summed E-state index contributed by atoms with van der Waals surface area (Å²) >= 11 is 1.40. The molecule has 3 rings (SSSR count). The Labute approximate surface area is 132 Å². The summed E-state index contributed by atoms with van der Waals surface area (Å²) in [6, 6.07) is 1.85. The van der Waals surface area contributed by atoms with Crippen LogP contribution < -0.4 is 10.6 Å². The van der Waals surface area contributed by atoms with Crippen LogP contribution in [0, 0.1) is 5.92 Å². The van der Waals surface area contributed by atoms with Gasteiger partial charge in [-0.2, -0.15) is 4.68 Å². The molecule has 2 N–H and O–H groups in total. The normalized spacial score (nSPS) is 18.0. The number of nitrogens with one attached hydrogen (secondary N) is 2. The first kappa shape index (κ1) is 15.9. The molecule has 2 aromatic heterocycles. The molecule has 1 unspecified atom stereocenters. The molecule has 0 spiro atoms. The number of carbonyl (C=O) groups excluding carboxylic acids is 1. The van der Waals surface area contributed by atoms with Gasteiger partial charge in [0.2, 0.25) is 0 Å². The molecule has 0 radical (unpaired) electrons. The van der Waals surface area contributed by atoms with E-state index in [0.717, 1.165) is 25.2 Å². The van der Waals surface area contributed by atoms with Crippen LogP contribution in [0.4, 0.5) is 0 Å². The lowest BCUT2D eigenvalue weighted by molar-refractivity contribution is 0.0949. The van der Waals surface area contributed by atoms with Crippen LogP contribution in [0.25, 0.3) is 5.69 Å². The topological polar surface area (TPSA) is 84.7 Å². The van der Waals surface area contributed by atoms with E-state index >= 15 is 0 Å². The molecule has 1 fully saturated rings. The SMILES string of the molecule is Cl.O=C(NCC1CCCNC1)c1sccc1-n1cnnn1. The van der Waals surface area contributed by atoms with Crippen LogP contribution in [-0.2, 0) is 0 Å². The quantitative estimate of drug-likeness (QED) is 0.870. The summed E-state index contributed by atoms with van der Waals surface area (Å²) in [5.41, 5.74) is 0.722. The third-order valence-electron chi connectivity index (χ3n) is 3.40. The van der Waals surface area contributed by atoms with E-state index in [9.17, 15) is 4.79 Å². The van der Waals surface area contributed by atoms with Gasteiger partial charge in [-0.05, 0) is 53.7 Å². The highest BCUT2D eigenvalue weighted by Gasteiger charge is 2.18. The van der Waals surface area contributed by atoms with E-state index in [4.69, 9.17) is 0 Å². The molecular formula is C12H17ClN6OS. The Kier molecular flexibility index (Phi) is 5.66. The molecule has 0 aromatic carbocycles. The lowest BCUT2D eigenvalue weighted by atomic mass is 10.00. The number of piperidine rings is 1. The van der Waals surface area contributed by atoms with Gasteiger partial charge in [-0.1, -0.05) is 0 Å². The molecule has 1 saturated heterocycles. The Bertz CT molecular complexity index is 566. The van der Waals surface area contributed by atoms with E-state index in [1.807, 2.05) is 11.4 Å². The van der Waals surface area contributed by atoms with Crippen LogP contribution in [0.3, 0.4) is 0 Å². The van der Waals surface area contributed by atoms with Crippen molar-refractivity contribution in [2.45, 2.75) is 12.8 Å². The van der Waals surface area contributed by atoms with Gasteiger partial charge in [0.05, 0.1) is 5.69 Å². The maximum absolute atomic E-state index is 12.3. The standard InChI is InChI=1S/C12H16N6OS.ClH/c19-12(14-7-9-2-1-4-13-6-9)11-10(3-5-20-11)18-8-15-16-17-18;/h3,5,8-9,13H,1-2,4,6-7H2,(H,14,19);1H. The zero-order valence-electron chi connectivity index (χ0n) is 11.4. The first-order valence-electron chi connectivity index (χ1n) is 6.64. The summed E-state index contributed by atoms with van der Waals surface area (Å²) in [6.45, 7) is 2.77. The van der Waals surface area contributed by atoms with Crippen LogP contribution in [0.2, 0.25) is 0 Å². The number of hydrogen-bond donors (Lipinski definition) is 2. The van der Waals surface area contributed by atoms with Crippen molar-refractivity contribution in [3.05, 3.63) is 22.7 Å². The van der Waals surface area contributed by atoms with Crippen LogP contribution in [0.1, 0.15) is 22.5 Å². The molecule has 2 aromatic rings. The van der Waals surface area contributed by atoms with Gasteiger partial charge in [-0.15, -0.1) is 28.8 Å². The average Bonchev–Trinajstić information content (AvgIpc) is 3.15. The summed E-state index contributed by atoms with van der Waals surface area (Å²) in [6.07, 6.45) is 3.83. The molecular weight excluding hydrogens is 312 g/mol. The van der Waals surface area contributed by atoms with Crippen LogP contribution in [-0.4, -0.2) is 45.7 Å². The van der Waals surface area contributed by atoms with Gasteiger partial charge >= 0.3 is 0 Å². The van der Waals surface area contributed by atoms with E-state index in [0.29, 0.717) is 17.3 Å². The highest BCUT2D eigenvalue weighted by Crippen LogP contribution is 2.20. The predicted molar refractivity (Wildman–Crippen MR) is 82.2 cm³/mol. The minimum atomic E-state index is -0.0592. The fraction of sp³-hybridized carbons (Fsp3) is 0.500. The largest absolute Gasteiger partial charge is 0.351 e. The molecule has 0 saturated carbocycles. The van der Waals surface area contributed by atoms with Crippen molar-refractivity contribution in [3.63, 3.8) is 0 Å². The zero-order chi connectivity index (χ0) is 13.8. The van der Waals surface area contributed by atoms with Gasteiger partial charge in [0.15, 0.2) is 0 Å². The molecule has 1 atom stereocenters. The Morgan fingerprint density at radius 1 is 1.57 bits per heavy atom. The fourth-order valence-electron chi connectivity index (χ4n) is 2.34. The van der Waals surface area contributed by atoms with Crippen molar-refractivity contribution < 1.29 is 4.79 Å². The maximum Gasteiger partial charge on any atom is 0.263 e. The second-order valence-electron chi connectivity index (χ2n) is 4.81. The Morgan fingerprint density at radius 3 is 3.19 bits per heavy atom. The smallest absolute Gasteiger partial charge is 0.263 e. The highest BCUT2D eigenvalue weighted by molar-refractivity contribution is 7.12.